The zero-order valence-corrected chi connectivity index (χ0v) is 21.6. The van der Waals surface area contributed by atoms with E-state index in [4.69, 9.17) is 14.2 Å². The number of aliphatic imine (C=N–C) groups is 1. The van der Waals surface area contributed by atoms with Crippen molar-refractivity contribution in [1.82, 2.24) is 0 Å². The van der Waals surface area contributed by atoms with Gasteiger partial charge in [-0.1, -0.05) is 24.3 Å². The number of halogens is 1. The first-order chi connectivity index (χ1) is 17.2. The second kappa shape index (κ2) is 10.3. The van der Waals surface area contributed by atoms with Crippen molar-refractivity contribution in [2.45, 2.75) is 13.8 Å². The smallest absolute Gasteiger partial charge is 0.363 e. The van der Waals surface area contributed by atoms with Crippen LogP contribution in [0.4, 0.5) is 5.69 Å². The van der Waals surface area contributed by atoms with Crippen LogP contribution in [0.2, 0.25) is 0 Å². The number of nitrogens with zero attached hydrogens (tertiary/aromatic N) is 2. The van der Waals surface area contributed by atoms with E-state index in [1.807, 2.05) is 41.6 Å². The number of nitro benzene ring substituents is 1. The molecule has 0 unspecified atom stereocenters. The van der Waals surface area contributed by atoms with E-state index in [1.165, 1.54) is 19.3 Å². The third kappa shape index (κ3) is 5.13. The first kappa shape index (κ1) is 25.0. The van der Waals surface area contributed by atoms with Gasteiger partial charge >= 0.3 is 11.9 Å². The molecule has 36 heavy (non-hydrogen) atoms. The van der Waals surface area contributed by atoms with Gasteiger partial charge in [0, 0.05) is 17.2 Å². The molecule has 0 saturated heterocycles. The summed E-state index contributed by atoms with van der Waals surface area (Å²) in [4.78, 5) is 40.1. The standard InChI is InChI=1S/C26H19IN2O7/c1-14-6-4-5-7-18(14)25(30)35-23-19(27)10-16(12-22(23)34-3)11-20-26(31)36-24(28-20)17-9-8-15(2)21(13-17)29(32)33/h4-13H,1-3H3/b20-11-. The topological polar surface area (TPSA) is 117 Å². The van der Waals surface area contributed by atoms with Gasteiger partial charge in [0.25, 0.3) is 5.69 Å². The Morgan fingerprint density at radius 2 is 1.86 bits per heavy atom. The highest BCUT2D eigenvalue weighted by Crippen LogP contribution is 2.36. The molecule has 0 N–H and O–H groups in total. The van der Waals surface area contributed by atoms with Gasteiger partial charge in [-0.15, -0.1) is 0 Å². The van der Waals surface area contributed by atoms with E-state index in [0.29, 0.717) is 31.6 Å². The Bertz CT molecular complexity index is 1480. The molecular weight excluding hydrogens is 579 g/mol. The molecule has 0 aromatic heterocycles. The molecular formula is C26H19IN2O7. The molecule has 0 radical (unpaired) electrons. The zero-order chi connectivity index (χ0) is 26.0. The van der Waals surface area contributed by atoms with Crippen molar-refractivity contribution in [1.29, 1.82) is 0 Å². The van der Waals surface area contributed by atoms with Crippen LogP contribution < -0.4 is 9.47 Å². The Balaban J connectivity index is 1.65. The number of benzene rings is 3. The summed E-state index contributed by atoms with van der Waals surface area (Å²) in [7, 11) is 1.44. The summed E-state index contributed by atoms with van der Waals surface area (Å²) in [6.45, 7) is 3.44. The lowest BCUT2D eigenvalue weighted by molar-refractivity contribution is -0.385. The third-order valence-electron chi connectivity index (χ3n) is 5.39. The van der Waals surface area contributed by atoms with Gasteiger partial charge in [0.15, 0.2) is 17.2 Å². The second-order valence-corrected chi connectivity index (χ2v) is 9.00. The Morgan fingerprint density at radius 1 is 1.11 bits per heavy atom. The molecule has 4 rings (SSSR count). The SMILES string of the molecule is COc1cc(/C=C2\N=C(c3ccc(C)c([N+](=O)[O-])c3)OC2=O)cc(I)c1OC(=O)c1ccccc1C. The minimum atomic E-state index is -0.697. The Morgan fingerprint density at radius 3 is 2.56 bits per heavy atom. The van der Waals surface area contributed by atoms with Gasteiger partial charge in [0.05, 0.1) is 21.2 Å². The number of aryl methyl sites for hydroxylation is 2. The molecule has 1 aliphatic heterocycles. The van der Waals surface area contributed by atoms with Crippen LogP contribution in [0.1, 0.15) is 32.6 Å². The summed E-state index contributed by atoms with van der Waals surface area (Å²) in [5.41, 5.74) is 2.48. The van der Waals surface area contributed by atoms with Crippen molar-refractivity contribution in [3.63, 3.8) is 0 Å². The quantitative estimate of drug-likeness (QED) is 0.0933. The molecule has 9 nitrogen and oxygen atoms in total. The van der Waals surface area contributed by atoms with Crippen LogP contribution in [0.15, 0.2) is 65.3 Å². The number of methoxy groups -OCH3 is 1. The van der Waals surface area contributed by atoms with Crippen molar-refractivity contribution in [3.8, 4) is 11.5 Å². The number of esters is 2. The fourth-order valence-corrected chi connectivity index (χ4v) is 4.24. The number of hydrogen-bond donors (Lipinski definition) is 0. The van der Waals surface area contributed by atoms with E-state index in [0.717, 1.165) is 5.56 Å². The summed E-state index contributed by atoms with van der Waals surface area (Å²) < 4.78 is 16.9. The number of ether oxygens (including phenoxy) is 3. The van der Waals surface area contributed by atoms with E-state index < -0.39 is 16.9 Å². The molecule has 182 valence electrons. The number of rotatable bonds is 6. The van der Waals surface area contributed by atoms with Gasteiger partial charge in [-0.25, -0.2) is 14.6 Å². The van der Waals surface area contributed by atoms with Crippen LogP contribution in [0.5, 0.6) is 11.5 Å². The normalized spacial score (nSPS) is 13.8. The van der Waals surface area contributed by atoms with Gasteiger partial charge in [-0.3, -0.25) is 10.1 Å². The van der Waals surface area contributed by atoms with Gasteiger partial charge in [0.2, 0.25) is 5.90 Å². The predicted octanol–water partition coefficient (Wildman–Crippen LogP) is 5.39. The number of carbonyl (C=O) groups is 2. The van der Waals surface area contributed by atoms with Crippen molar-refractivity contribution in [2.24, 2.45) is 4.99 Å². The minimum absolute atomic E-state index is 0.00994. The van der Waals surface area contributed by atoms with E-state index >= 15 is 0 Å². The number of nitro groups is 1. The fraction of sp³-hybridized carbons (Fsp3) is 0.115. The van der Waals surface area contributed by atoms with Crippen LogP contribution in [0.3, 0.4) is 0 Å². The number of cyclic esters (lactones) is 1. The average Bonchev–Trinajstić information content (AvgIpc) is 3.20. The highest BCUT2D eigenvalue weighted by molar-refractivity contribution is 14.1. The maximum absolute atomic E-state index is 12.7. The molecule has 0 atom stereocenters. The molecule has 3 aromatic rings. The van der Waals surface area contributed by atoms with Crippen molar-refractivity contribution in [3.05, 3.63) is 102 Å². The zero-order valence-electron chi connectivity index (χ0n) is 19.4. The highest BCUT2D eigenvalue weighted by Gasteiger charge is 2.26. The van der Waals surface area contributed by atoms with E-state index in [-0.39, 0.29) is 23.0 Å². The van der Waals surface area contributed by atoms with Crippen molar-refractivity contribution in [2.75, 3.05) is 7.11 Å². The Kier molecular flexibility index (Phi) is 7.15. The Hall–Kier alpha value is -4.06. The van der Waals surface area contributed by atoms with Crippen LogP contribution >= 0.6 is 22.6 Å². The van der Waals surface area contributed by atoms with Gasteiger partial charge < -0.3 is 14.2 Å². The summed E-state index contributed by atoms with van der Waals surface area (Å²) in [5, 5.41) is 11.2. The molecule has 0 amide bonds. The highest BCUT2D eigenvalue weighted by atomic mass is 127. The molecule has 10 heteroatoms. The molecule has 0 aliphatic carbocycles. The Labute approximate surface area is 219 Å². The minimum Gasteiger partial charge on any atom is -0.493 e. The van der Waals surface area contributed by atoms with Crippen LogP contribution in [-0.2, 0) is 9.53 Å². The molecule has 0 bridgehead atoms. The maximum atomic E-state index is 12.7. The average molecular weight is 598 g/mol. The fourth-order valence-electron chi connectivity index (χ4n) is 3.50. The molecule has 3 aromatic carbocycles. The number of hydrogen-bond acceptors (Lipinski definition) is 8. The lowest BCUT2D eigenvalue weighted by Gasteiger charge is -2.13. The first-order valence-electron chi connectivity index (χ1n) is 10.6. The summed E-state index contributed by atoms with van der Waals surface area (Å²) in [6.07, 6.45) is 1.50. The third-order valence-corrected chi connectivity index (χ3v) is 6.19. The molecule has 0 saturated carbocycles. The van der Waals surface area contributed by atoms with Crippen molar-refractivity contribution < 1.29 is 28.7 Å². The van der Waals surface area contributed by atoms with E-state index in [1.54, 1.807) is 43.3 Å². The van der Waals surface area contributed by atoms with Crippen LogP contribution in [-0.4, -0.2) is 29.9 Å². The molecule has 1 aliphatic rings. The summed E-state index contributed by atoms with van der Waals surface area (Å²) in [5.74, 6) is -0.702. The lowest BCUT2D eigenvalue weighted by atomic mass is 10.1. The lowest BCUT2D eigenvalue weighted by Crippen LogP contribution is -2.11. The van der Waals surface area contributed by atoms with Crippen molar-refractivity contribution >= 4 is 52.2 Å². The molecule has 1 heterocycles. The van der Waals surface area contributed by atoms with Gasteiger partial charge in [0.1, 0.15) is 0 Å². The second-order valence-electron chi connectivity index (χ2n) is 7.83. The van der Waals surface area contributed by atoms with Crippen LogP contribution in [0.25, 0.3) is 6.08 Å². The summed E-state index contributed by atoms with van der Waals surface area (Å²) in [6, 6.07) is 14.9. The first-order valence-corrected chi connectivity index (χ1v) is 11.7. The number of carbonyl (C=O) groups excluding carboxylic acids is 2. The van der Waals surface area contributed by atoms with E-state index in [2.05, 4.69) is 4.99 Å². The maximum Gasteiger partial charge on any atom is 0.363 e. The largest absolute Gasteiger partial charge is 0.493 e. The van der Waals surface area contributed by atoms with E-state index in [9.17, 15) is 19.7 Å². The predicted molar refractivity (Wildman–Crippen MR) is 140 cm³/mol. The van der Waals surface area contributed by atoms with Gasteiger partial charge in [-0.05, 0) is 77.9 Å². The van der Waals surface area contributed by atoms with Crippen LogP contribution in [0, 0.1) is 27.5 Å². The summed E-state index contributed by atoms with van der Waals surface area (Å²) >= 11 is 2.01. The monoisotopic (exact) mass is 598 g/mol. The molecule has 0 spiro atoms. The molecule has 0 fully saturated rings. The van der Waals surface area contributed by atoms with Gasteiger partial charge in [-0.2, -0.15) is 0 Å².